The third-order valence-corrected chi connectivity index (χ3v) is 5.76. The van der Waals surface area contributed by atoms with Crippen molar-refractivity contribution in [1.29, 1.82) is 0 Å². The maximum atomic E-state index is 12.0. The van der Waals surface area contributed by atoms with E-state index in [0.717, 1.165) is 27.4 Å². The summed E-state index contributed by atoms with van der Waals surface area (Å²) in [6, 6.07) is 12.1. The highest BCUT2D eigenvalue weighted by Gasteiger charge is 2.25. The number of hydrogen-bond acceptors (Lipinski definition) is 4. The predicted molar refractivity (Wildman–Crippen MR) is 97.8 cm³/mol. The summed E-state index contributed by atoms with van der Waals surface area (Å²) in [6.45, 7) is 2.30. The lowest BCUT2D eigenvalue weighted by Crippen LogP contribution is -2.38. The maximum absolute atomic E-state index is 12.0. The van der Waals surface area contributed by atoms with E-state index in [0.29, 0.717) is 13.0 Å². The third-order valence-electron chi connectivity index (χ3n) is 3.93. The van der Waals surface area contributed by atoms with Gasteiger partial charge in [0.15, 0.2) is 5.78 Å². The van der Waals surface area contributed by atoms with E-state index in [9.17, 15) is 9.59 Å². The fourth-order valence-corrected chi connectivity index (χ4v) is 3.97. The molecule has 0 radical (unpaired) electrons. The zero-order chi connectivity index (χ0) is 16.4. The highest BCUT2D eigenvalue weighted by molar-refractivity contribution is 7.18. The standard InChI is InChI=1S/C17H19N2O2PS/c1-11(20)17-14(18-13-7-8-19(22)16(21)9-13)10-15(23-17)12-5-3-2-4-6-12/h2-6,10,13,18H,7-9,22H2,1H3. The van der Waals surface area contributed by atoms with E-state index in [1.807, 2.05) is 36.4 Å². The zero-order valence-electron chi connectivity index (χ0n) is 12.9. The van der Waals surface area contributed by atoms with Crippen LogP contribution in [0.1, 0.15) is 29.4 Å². The second-order valence-electron chi connectivity index (χ2n) is 5.70. The number of Topliss-reactive ketones (excluding diaryl/α,β-unsaturated/α-hetero) is 1. The molecular formula is C17H19N2O2PS. The average molecular weight is 346 g/mol. The molecule has 4 nitrogen and oxygen atoms in total. The van der Waals surface area contributed by atoms with Gasteiger partial charge < -0.3 is 9.99 Å². The lowest BCUT2D eigenvalue weighted by Gasteiger charge is -2.29. The Hall–Kier alpha value is -1.71. The third kappa shape index (κ3) is 3.62. The molecule has 1 saturated heterocycles. The number of thiophene rings is 1. The van der Waals surface area contributed by atoms with Crippen molar-refractivity contribution in [3.05, 3.63) is 41.3 Å². The fourth-order valence-electron chi connectivity index (χ4n) is 2.70. The number of ketones is 1. The molecule has 1 aliphatic rings. The van der Waals surface area contributed by atoms with Crippen LogP contribution in [0.15, 0.2) is 36.4 Å². The van der Waals surface area contributed by atoms with Crippen LogP contribution in [-0.2, 0) is 4.79 Å². The van der Waals surface area contributed by atoms with Gasteiger partial charge in [-0.15, -0.1) is 11.3 Å². The number of benzene rings is 1. The Kier molecular flexibility index (Phi) is 4.79. The first-order chi connectivity index (χ1) is 11.0. The Balaban J connectivity index is 1.85. The summed E-state index contributed by atoms with van der Waals surface area (Å²) in [5.41, 5.74) is 1.94. The van der Waals surface area contributed by atoms with Gasteiger partial charge in [0.2, 0.25) is 5.91 Å². The molecule has 0 bridgehead atoms. The number of anilines is 1. The first kappa shape index (κ1) is 16.2. The van der Waals surface area contributed by atoms with Crippen LogP contribution in [-0.4, -0.2) is 28.9 Å². The Labute approximate surface area is 142 Å². The van der Waals surface area contributed by atoms with Crippen molar-refractivity contribution in [2.75, 3.05) is 11.9 Å². The van der Waals surface area contributed by atoms with Crippen LogP contribution in [0, 0.1) is 0 Å². The van der Waals surface area contributed by atoms with Gasteiger partial charge in [-0.3, -0.25) is 9.59 Å². The molecule has 6 heteroatoms. The Bertz CT molecular complexity index is 729. The van der Waals surface area contributed by atoms with Crippen molar-refractivity contribution in [1.82, 2.24) is 4.67 Å². The molecule has 3 rings (SSSR count). The van der Waals surface area contributed by atoms with Crippen LogP contribution >= 0.6 is 20.7 Å². The molecular weight excluding hydrogens is 327 g/mol. The van der Waals surface area contributed by atoms with Crippen LogP contribution in [0.2, 0.25) is 0 Å². The lowest BCUT2D eigenvalue weighted by atomic mass is 10.1. The molecule has 120 valence electrons. The predicted octanol–water partition coefficient (Wildman–Crippen LogP) is 3.81. The Morgan fingerprint density at radius 2 is 2.09 bits per heavy atom. The van der Waals surface area contributed by atoms with E-state index in [2.05, 4.69) is 14.7 Å². The molecule has 2 heterocycles. The molecule has 1 amide bonds. The SMILES string of the molecule is CC(=O)c1sc(-c2ccccc2)cc1NC1CCN(P)C(=O)C1. The normalized spacial score (nSPS) is 18.1. The van der Waals surface area contributed by atoms with E-state index in [1.165, 1.54) is 11.3 Å². The summed E-state index contributed by atoms with van der Waals surface area (Å²) in [5, 5.41) is 3.40. The number of carbonyl (C=O) groups is 2. The number of amides is 1. The van der Waals surface area contributed by atoms with Gasteiger partial charge in [0.25, 0.3) is 0 Å². The number of nitrogens with zero attached hydrogens (tertiary/aromatic N) is 1. The second kappa shape index (κ2) is 6.81. The summed E-state index contributed by atoms with van der Waals surface area (Å²) in [4.78, 5) is 25.6. The molecule has 2 unspecified atom stereocenters. The Morgan fingerprint density at radius 3 is 2.74 bits per heavy atom. The van der Waals surface area contributed by atoms with Crippen molar-refractivity contribution in [3.63, 3.8) is 0 Å². The number of nitrogens with one attached hydrogen (secondary N) is 1. The van der Waals surface area contributed by atoms with Crippen molar-refractivity contribution < 1.29 is 9.59 Å². The van der Waals surface area contributed by atoms with E-state index < -0.39 is 0 Å². The number of rotatable bonds is 4. The van der Waals surface area contributed by atoms with Crippen LogP contribution in [0.25, 0.3) is 10.4 Å². The van der Waals surface area contributed by atoms with Crippen LogP contribution < -0.4 is 5.32 Å². The molecule has 1 aliphatic heterocycles. The first-order valence-electron chi connectivity index (χ1n) is 7.56. The van der Waals surface area contributed by atoms with Crippen molar-refractivity contribution in [2.45, 2.75) is 25.8 Å². The topological polar surface area (TPSA) is 49.4 Å². The minimum atomic E-state index is 0.0505. The molecule has 2 aromatic rings. The van der Waals surface area contributed by atoms with Crippen molar-refractivity contribution in [3.8, 4) is 10.4 Å². The van der Waals surface area contributed by atoms with E-state index in [4.69, 9.17) is 0 Å². The average Bonchev–Trinajstić information content (AvgIpc) is 2.96. The van der Waals surface area contributed by atoms with E-state index in [-0.39, 0.29) is 17.7 Å². The van der Waals surface area contributed by atoms with E-state index >= 15 is 0 Å². The van der Waals surface area contributed by atoms with Gasteiger partial charge in [-0.2, -0.15) is 0 Å². The summed E-state index contributed by atoms with van der Waals surface area (Å²) < 4.78 is 1.67. The molecule has 0 spiro atoms. The van der Waals surface area contributed by atoms with Gasteiger partial charge in [-0.25, -0.2) is 0 Å². The minimum Gasteiger partial charge on any atom is -0.380 e. The summed E-state index contributed by atoms with van der Waals surface area (Å²) in [6.07, 6.45) is 1.33. The van der Waals surface area contributed by atoms with Gasteiger partial charge >= 0.3 is 0 Å². The largest absolute Gasteiger partial charge is 0.380 e. The fraction of sp³-hybridized carbons (Fsp3) is 0.294. The van der Waals surface area contributed by atoms with E-state index in [1.54, 1.807) is 11.6 Å². The molecule has 1 aromatic heterocycles. The van der Waals surface area contributed by atoms with Gasteiger partial charge in [0.1, 0.15) is 0 Å². The number of hydrogen-bond donors (Lipinski definition) is 1. The van der Waals surface area contributed by atoms with Gasteiger partial charge in [0.05, 0.1) is 10.6 Å². The first-order valence-corrected chi connectivity index (χ1v) is 8.89. The molecule has 23 heavy (non-hydrogen) atoms. The smallest absolute Gasteiger partial charge is 0.227 e. The second-order valence-corrected chi connectivity index (χ2v) is 7.37. The van der Waals surface area contributed by atoms with Gasteiger partial charge in [-0.05, 0) is 27.4 Å². The molecule has 1 fully saturated rings. The van der Waals surface area contributed by atoms with Gasteiger partial charge in [-0.1, -0.05) is 30.3 Å². The number of carbonyl (C=O) groups excluding carboxylic acids is 2. The molecule has 0 aliphatic carbocycles. The molecule has 1 N–H and O–H groups in total. The quantitative estimate of drug-likeness (QED) is 0.676. The highest BCUT2D eigenvalue weighted by Crippen LogP contribution is 2.36. The minimum absolute atomic E-state index is 0.0505. The van der Waals surface area contributed by atoms with Crippen LogP contribution in [0.3, 0.4) is 0 Å². The van der Waals surface area contributed by atoms with Crippen molar-refractivity contribution >= 4 is 38.1 Å². The molecule has 2 atom stereocenters. The highest BCUT2D eigenvalue weighted by atomic mass is 32.1. The maximum Gasteiger partial charge on any atom is 0.227 e. The lowest BCUT2D eigenvalue weighted by molar-refractivity contribution is -0.128. The summed E-state index contributed by atoms with van der Waals surface area (Å²) >= 11 is 1.50. The zero-order valence-corrected chi connectivity index (χ0v) is 14.9. The summed E-state index contributed by atoms with van der Waals surface area (Å²) in [5.74, 6) is 0.163. The number of piperidine rings is 1. The monoisotopic (exact) mass is 346 g/mol. The summed E-state index contributed by atoms with van der Waals surface area (Å²) in [7, 11) is 2.46. The Morgan fingerprint density at radius 1 is 1.35 bits per heavy atom. The van der Waals surface area contributed by atoms with Crippen molar-refractivity contribution in [2.24, 2.45) is 0 Å². The molecule has 0 saturated carbocycles. The molecule has 1 aromatic carbocycles. The van der Waals surface area contributed by atoms with Crippen LogP contribution in [0.5, 0.6) is 0 Å². The van der Waals surface area contributed by atoms with Crippen LogP contribution in [0.4, 0.5) is 5.69 Å². The van der Waals surface area contributed by atoms with Gasteiger partial charge in [0, 0.05) is 30.8 Å².